The fraction of sp³-hybridized carbons (Fsp3) is 0.381. The zero-order valence-electron chi connectivity index (χ0n) is 16.5. The van der Waals surface area contributed by atoms with Gasteiger partial charge in [0, 0.05) is 16.2 Å². The van der Waals surface area contributed by atoms with Crippen LogP contribution in [0.1, 0.15) is 58.4 Å². The highest BCUT2D eigenvalue weighted by Gasteiger charge is 2.27. The summed E-state index contributed by atoms with van der Waals surface area (Å²) < 4.78 is 5.37. The van der Waals surface area contributed by atoms with Gasteiger partial charge in [0.1, 0.15) is 5.25 Å². The van der Waals surface area contributed by atoms with Crippen LogP contribution in [0.25, 0.3) is 0 Å². The maximum absolute atomic E-state index is 12.7. The minimum Gasteiger partial charge on any atom is -0.453 e. The monoisotopic (exact) mass is 387 g/mol. The molecule has 144 valence electrons. The lowest BCUT2D eigenvalue weighted by atomic mass is 10.0. The summed E-state index contributed by atoms with van der Waals surface area (Å²) in [5.74, 6) is -0.897. The van der Waals surface area contributed by atoms with Gasteiger partial charge in [-0.2, -0.15) is 0 Å². The first kappa shape index (κ1) is 21.0. The number of nitrogens with one attached hydrogen (secondary N) is 1. The number of aromatic amines is 1. The number of rotatable bonds is 7. The molecule has 5 nitrogen and oxygen atoms in total. The number of benzene rings is 1. The minimum atomic E-state index is -0.935. The van der Waals surface area contributed by atoms with Crippen LogP contribution in [0.2, 0.25) is 0 Å². The predicted molar refractivity (Wildman–Crippen MR) is 107 cm³/mol. The average molecular weight is 388 g/mol. The van der Waals surface area contributed by atoms with Crippen LogP contribution in [0.3, 0.4) is 0 Å². The highest BCUT2D eigenvalue weighted by atomic mass is 32.2. The molecule has 1 N–H and O–H groups in total. The van der Waals surface area contributed by atoms with Gasteiger partial charge in [-0.15, -0.1) is 11.8 Å². The first-order chi connectivity index (χ1) is 12.6. The van der Waals surface area contributed by atoms with Gasteiger partial charge >= 0.3 is 5.97 Å². The number of aryl methyl sites for hydroxylation is 2. The van der Waals surface area contributed by atoms with Crippen LogP contribution >= 0.6 is 11.8 Å². The molecule has 2 aromatic rings. The number of thioether (sulfide) groups is 1. The molecular formula is C21H25NO4S. The SMILES string of the molecule is CC(=O)c1c(C)[nH]c(C(=O)[C@H](C)OC(=O)[C@@H](C)Sc2ccc(C)cc2)c1C. The van der Waals surface area contributed by atoms with Gasteiger partial charge in [0.15, 0.2) is 11.9 Å². The Labute approximate surface area is 163 Å². The Morgan fingerprint density at radius 2 is 1.63 bits per heavy atom. The second-order valence-corrected chi connectivity index (χ2v) is 8.11. The van der Waals surface area contributed by atoms with E-state index in [1.807, 2.05) is 31.2 Å². The molecular weight excluding hydrogens is 362 g/mol. The Kier molecular flexibility index (Phi) is 6.65. The van der Waals surface area contributed by atoms with E-state index in [2.05, 4.69) is 4.98 Å². The summed E-state index contributed by atoms with van der Waals surface area (Å²) in [7, 11) is 0. The normalized spacial score (nSPS) is 13.1. The van der Waals surface area contributed by atoms with Crippen molar-refractivity contribution in [2.75, 3.05) is 0 Å². The third-order valence-electron chi connectivity index (χ3n) is 4.36. The van der Waals surface area contributed by atoms with Crippen molar-refractivity contribution in [1.29, 1.82) is 0 Å². The van der Waals surface area contributed by atoms with Crippen LogP contribution < -0.4 is 0 Å². The van der Waals surface area contributed by atoms with Crippen molar-refractivity contribution >= 4 is 29.3 Å². The number of ether oxygens (including phenoxy) is 1. The third-order valence-corrected chi connectivity index (χ3v) is 5.45. The number of hydrogen-bond acceptors (Lipinski definition) is 5. The molecule has 0 aliphatic heterocycles. The molecule has 0 aliphatic rings. The van der Waals surface area contributed by atoms with E-state index in [4.69, 9.17) is 4.74 Å². The lowest BCUT2D eigenvalue weighted by molar-refractivity contribution is -0.145. The summed E-state index contributed by atoms with van der Waals surface area (Å²) >= 11 is 1.39. The summed E-state index contributed by atoms with van der Waals surface area (Å²) in [6.07, 6.45) is -0.935. The number of hydrogen-bond donors (Lipinski definition) is 1. The Balaban J connectivity index is 2.05. The zero-order valence-corrected chi connectivity index (χ0v) is 17.3. The molecule has 0 bridgehead atoms. The second kappa shape index (κ2) is 8.57. The molecule has 0 spiro atoms. The number of carbonyl (C=O) groups excluding carboxylic acids is 3. The molecule has 0 unspecified atom stereocenters. The smallest absolute Gasteiger partial charge is 0.319 e. The van der Waals surface area contributed by atoms with Gasteiger partial charge in [0.25, 0.3) is 0 Å². The highest BCUT2D eigenvalue weighted by molar-refractivity contribution is 8.00. The van der Waals surface area contributed by atoms with Crippen molar-refractivity contribution < 1.29 is 19.1 Å². The van der Waals surface area contributed by atoms with Crippen LogP contribution in [0, 0.1) is 20.8 Å². The summed E-state index contributed by atoms with van der Waals surface area (Å²) in [6.45, 7) is 10.2. The maximum Gasteiger partial charge on any atom is 0.319 e. The molecule has 2 rings (SSSR count). The number of aromatic nitrogens is 1. The second-order valence-electron chi connectivity index (χ2n) is 6.70. The van der Waals surface area contributed by atoms with Crippen LogP contribution in [-0.4, -0.2) is 33.9 Å². The van der Waals surface area contributed by atoms with Crippen LogP contribution in [0.4, 0.5) is 0 Å². The lowest BCUT2D eigenvalue weighted by Crippen LogP contribution is -2.29. The molecule has 1 heterocycles. The molecule has 1 aromatic carbocycles. The molecule has 1 aromatic heterocycles. The Hall–Kier alpha value is -2.34. The van der Waals surface area contributed by atoms with E-state index >= 15 is 0 Å². The average Bonchev–Trinajstić information content (AvgIpc) is 2.90. The van der Waals surface area contributed by atoms with Crippen molar-refractivity contribution in [2.45, 2.75) is 57.8 Å². The fourth-order valence-corrected chi connectivity index (χ4v) is 3.77. The van der Waals surface area contributed by atoms with Gasteiger partial charge in [0.2, 0.25) is 5.78 Å². The quantitative estimate of drug-likeness (QED) is 0.432. The number of H-pyrrole nitrogens is 1. The van der Waals surface area contributed by atoms with Gasteiger partial charge < -0.3 is 9.72 Å². The van der Waals surface area contributed by atoms with Gasteiger partial charge in [0.05, 0.1) is 5.69 Å². The molecule has 0 aliphatic carbocycles. The van der Waals surface area contributed by atoms with Crippen molar-refractivity contribution in [3.05, 3.63) is 52.3 Å². The fourth-order valence-electron chi connectivity index (χ4n) is 2.92. The van der Waals surface area contributed by atoms with Gasteiger partial charge in [-0.1, -0.05) is 17.7 Å². The molecule has 0 radical (unpaired) electrons. The van der Waals surface area contributed by atoms with E-state index in [1.54, 1.807) is 27.7 Å². The summed E-state index contributed by atoms with van der Waals surface area (Å²) in [5, 5.41) is -0.442. The van der Waals surface area contributed by atoms with Crippen molar-refractivity contribution in [2.24, 2.45) is 0 Å². The van der Waals surface area contributed by atoms with Crippen molar-refractivity contribution in [3.63, 3.8) is 0 Å². The zero-order chi connectivity index (χ0) is 20.3. The van der Waals surface area contributed by atoms with E-state index in [9.17, 15) is 14.4 Å². The molecule has 27 heavy (non-hydrogen) atoms. The Morgan fingerprint density at radius 3 is 2.15 bits per heavy atom. The number of carbonyl (C=O) groups is 3. The third kappa shape index (κ3) is 4.89. The summed E-state index contributed by atoms with van der Waals surface area (Å²) in [5.41, 5.74) is 3.22. The molecule has 0 saturated carbocycles. The van der Waals surface area contributed by atoms with E-state index in [-0.39, 0.29) is 11.6 Å². The number of esters is 1. The Bertz CT molecular complexity index is 867. The molecule has 0 saturated heterocycles. The number of ketones is 2. The topological polar surface area (TPSA) is 76.2 Å². The molecule has 0 fully saturated rings. The maximum atomic E-state index is 12.7. The molecule has 0 amide bonds. The predicted octanol–water partition coefficient (Wildman–Crippen LogP) is 4.44. The number of Topliss-reactive ketones (excluding diaryl/α,β-unsaturated/α-hetero) is 2. The largest absolute Gasteiger partial charge is 0.453 e. The van der Waals surface area contributed by atoms with E-state index in [1.165, 1.54) is 18.7 Å². The van der Waals surface area contributed by atoms with Crippen LogP contribution in [0.5, 0.6) is 0 Å². The van der Waals surface area contributed by atoms with Crippen molar-refractivity contribution in [1.82, 2.24) is 4.98 Å². The Morgan fingerprint density at radius 1 is 1.04 bits per heavy atom. The lowest BCUT2D eigenvalue weighted by Gasteiger charge is -2.16. The molecule has 2 atom stereocenters. The standard InChI is InChI=1S/C21H25NO4S/c1-11-7-9-17(10-8-11)27-16(6)21(25)26-15(5)20(24)19-12(2)18(14(4)23)13(3)22-19/h7-10,15-16,22H,1-6H3/t15-,16+/m0/s1. The van der Waals surface area contributed by atoms with Crippen molar-refractivity contribution in [3.8, 4) is 0 Å². The van der Waals surface area contributed by atoms with Gasteiger partial charge in [-0.05, 0) is 59.2 Å². The first-order valence-corrected chi connectivity index (χ1v) is 9.68. The minimum absolute atomic E-state index is 0.104. The van der Waals surface area contributed by atoms with Crippen LogP contribution in [-0.2, 0) is 9.53 Å². The summed E-state index contributed by atoms with van der Waals surface area (Å²) in [4.78, 5) is 40.7. The van der Waals surface area contributed by atoms with Crippen LogP contribution in [0.15, 0.2) is 29.2 Å². The van der Waals surface area contributed by atoms with E-state index in [0.29, 0.717) is 22.5 Å². The first-order valence-electron chi connectivity index (χ1n) is 8.80. The molecule has 6 heteroatoms. The van der Waals surface area contributed by atoms with Gasteiger partial charge in [-0.3, -0.25) is 14.4 Å². The highest BCUT2D eigenvalue weighted by Crippen LogP contribution is 2.25. The summed E-state index contributed by atoms with van der Waals surface area (Å²) in [6, 6.07) is 7.87. The van der Waals surface area contributed by atoms with Gasteiger partial charge in [-0.25, -0.2) is 0 Å². The van der Waals surface area contributed by atoms with E-state index in [0.717, 1.165) is 10.5 Å². The van der Waals surface area contributed by atoms with E-state index < -0.39 is 17.3 Å².